The minimum atomic E-state index is -0.697. The maximum atomic E-state index is 9.90. The summed E-state index contributed by atoms with van der Waals surface area (Å²) in [7, 11) is 1.97. The summed E-state index contributed by atoms with van der Waals surface area (Å²) in [5.41, 5.74) is -0.697. The lowest BCUT2D eigenvalue weighted by atomic mass is 10.1. The average Bonchev–Trinajstić information content (AvgIpc) is 2.46. The second-order valence-corrected chi connectivity index (χ2v) is 5.53. The lowest BCUT2D eigenvalue weighted by Gasteiger charge is -2.31. The van der Waals surface area contributed by atoms with E-state index in [1.54, 1.807) is 0 Å². The molecule has 1 aromatic rings. The minimum absolute atomic E-state index is 0.360. The molecule has 0 unspecified atom stereocenters. The van der Waals surface area contributed by atoms with Crippen molar-refractivity contribution >= 4 is 0 Å². The molecule has 1 rings (SSSR count). The van der Waals surface area contributed by atoms with E-state index in [0.29, 0.717) is 19.1 Å². The van der Waals surface area contributed by atoms with Crippen LogP contribution in [-0.4, -0.2) is 43.0 Å². The Balaban J connectivity index is 2.77. The van der Waals surface area contributed by atoms with Gasteiger partial charge in [-0.25, -0.2) is 0 Å². The summed E-state index contributed by atoms with van der Waals surface area (Å²) in [6.45, 7) is 11.2. The zero-order chi connectivity index (χ0) is 13.2. The van der Waals surface area contributed by atoms with Crippen molar-refractivity contribution in [3.05, 3.63) is 11.6 Å². The van der Waals surface area contributed by atoms with Gasteiger partial charge in [-0.1, -0.05) is 0 Å². The molecule has 1 heterocycles. The summed E-state index contributed by atoms with van der Waals surface area (Å²) in [6.07, 6.45) is 0. The molecule has 5 heteroatoms. The van der Waals surface area contributed by atoms with Crippen LogP contribution in [-0.2, 0) is 13.6 Å². The van der Waals surface area contributed by atoms with Gasteiger partial charge in [0.05, 0.1) is 12.1 Å². The topological polar surface area (TPSA) is 54.2 Å². The molecular weight excluding hydrogens is 216 g/mol. The van der Waals surface area contributed by atoms with Crippen molar-refractivity contribution in [2.45, 2.75) is 52.8 Å². The highest BCUT2D eigenvalue weighted by Gasteiger charge is 2.22. The number of rotatable bonds is 5. The Bertz CT molecular complexity index is 365. The summed E-state index contributed by atoms with van der Waals surface area (Å²) in [5, 5.41) is 18.1. The maximum Gasteiger partial charge on any atom is 0.146 e. The molecule has 0 fully saturated rings. The van der Waals surface area contributed by atoms with Gasteiger partial charge in [0.2, 0.25) is 0 Å². The Morgan fingerprint density at radius 3 is 2.29 bits per heavy atom. The van der Waals surface area contributed by atoms with E-state index in [0.717, 1.165) is 11.6 Å². The normalized spacial score (nSPS) is 12.8. The van der Waals surface area contributed by atoms with E-state index < -0.39 is 5.60 Å². The standard InChI is InChI=1S/C12H24N4O/c1-9(2)16(8-12(4,5)17)7-11-14-13-10(3)15(11)6/h9,17H,7-8H2,1-6H3. The van der Waals surface area contributed by atoms with Crippen molar-refractivity contribution in [3.8, 4) is 0 Å². The van der Waals surface area contributed by atoms with E-state index in [1.807, 2.05) is 32.4 Å². The smallest absolute Gasteiger partial charge is 0.146 e. The Morgan fingerprint density at radius 1 is 1.35 bits per heavy atom. The number of aryl methyl sites for hydroxylation is 1. The predicted octanol–water partition coefficient (Wildman–Crippen LogP) is 1.10. The maximum absolute atomic E-state index is 9.90. The summed E-state index contributed by atoms with van der Waals surface area (Å²) >= 11 is 0. The van der Waals surface area contributed by atoms with Gasteiger partial charge in [-0.15, -0.1) is 10.2 Å². The third-order valence-electron chi connectivity index (χ3n) is 2.85. The Kier molecular flexibility index (Phi) is 4.27. The highest BCUT2D eigenvalue weighted by atomic mass is 16.3. The lowest BCUT2D eigenvalue weighted by molar-refractivity contribution is 0.0212. The zero-order valence-electron chi connectivity index (χ0n) is 11.7. The molecule has 0 aliphatic rings. The predicted molar refractivity (Wildman–Crippen MR) is 67.6 cm³/mol. The number of hydrogen-bond donors (Lipinski definition) is 1. The molecule has 1 aromatic heterocycles. The molecule has 98 valence electrons. The van der Waals surface area contributed by atoms with Gasteiger partial charge in [-0.05, 0) is 34.6 Å². The Hall–Kier alpha value is -0.940. The Morgan fingerprint density at radius 2 is 1.94 bits per heavy atom. The van der Waals surface area contributed by atoms with Crippen molar-refractivity contribution < 1.29 is 5.11 Å². The number of aromatic nitrogens is 3. The first-order valence-electron chi connectivity index (χ1n) is 6.02. The molecule has 0 bridgehead atoms. The quantitative estimate of drug-likeness (QED) is 0.837. The van der Waals surface area contributed by atoms with Crippen LogP contribution in [0.25, 0.3) is 0 Å². The molecule has 0 saturated heterocycles. The molecule has 0 saturated carbocycles. The highest BCUT2D eigenvalue weighted by Crippen LogP contribution is 2.12. The van der Waals surface area contributed by atoms with Crippen molar-refractivity contribution in [3.63, 3.8) is 0 Å². The van der Waals surface area contributed by atoms with Crippen molar-refractivity contribution in [1.82, 2.24) is 19.7 Å². The van der Waals surface area contributed by atoms with E-state index in [9.17, 15) is 5.11 Å². The highest BCUT2D eigenvalue weighted by molar-refractivity contribution is 4.93. The monoisotopic (exact) mass is 240 g/mol. The molecule has 0 radical (unpaired) electrons. The zero-order valence-corrected chi connectivity index (χ0v) is 11.7. The van der Waals surface area contributed by atoms with E-state index in [-0.39, 0.29) is 0 Å². The van der Waals surface area contributed by atoms with Gasteiger partial charge in [-0.3, -0.25) is 4.90 Å². The van der Waals surface area contributed by atoms with E-state index in [1.165, 1.54) is 0 Å². The summed E-state index contributed by atoms with van der Waals surface area (Å²) in [4.78, 5) is 2.20. The fraction of sp³-hybridized carbons (Fsp3) is 0.833. The number of hydrogen-bond acceptors (Lipinski definition) is 4. The molecule has 0 amide bonds. The second kappa shape index (κ2) is 5.14. The number of aliphatic hydroxyl groups is 1. The second-order valence-electron chi connectivity index (χ2n) is 5.53. The van der Waals surface area contributed by atoms with Crippen molar-refractivity contribution in [2.24, 2.45) is 7.05 Å². The summed E-state index contributed by atoms with van der Waals surface area (Å²) in [6, 6.07) is 0.360. The van der Waals surface area contributed by atoms with Gasteiger partial charge in [0.25, 0.3) is 0 Å². The minimum Gasteiger partial charge on any atom is -0.389 e. The van der Waals surface area contributed by atoms with Crippen LogP contribution in [0.3, 0.4) is 0 Å². The summed E-state index contributed by atoms with van der Waals surface area (Å²) < 4.78 is 1.99. The van der Waals surface area contributed by atoms with Gasteiger partial charge in [0.15, 0.2) is 0 Å². The van der Waals surface area contributed by atoms with Crippen LogP contribution in [0.5, 0.6) is 0 Å². The van der Waals surface area contributed by atoms with E-state index in [4.69, 9.17) is 0 Å². The van der Waals surface area contributed by atoms with E-state index in [2.05, 4.69) is 28.9 Å². The SMILES string of the molecule is Cc1nnc(CN(CC(C)(C)O)C(C)C)n1C. The third kappa shape index (κ3) is 4.09. The van der Waals surface area contributed by atoms with Crippen molar-refractivity contribution in [2.75, 3.05) is 6.54 Å². The van der Waals surface area contributed by atoms with Gasteiger partial charge in [0, 0.05) is 19.6 Å². The molecule has 0 spiro atoms. The van der Waals surface area contributed by atoms with Gasteiger partial charge in [-0.2, -0.15) is 0 Å². The third-order valence-corrected chi connectivity index (χ3v) is 2.85. The largest absolute Gasteiger partial charge is 0.389 e. The fourth-order valence-corrected chi connectivity index (χ4v) is 1.69. The molecule has 0 aliphatic heterocycles. The Labute approximate surface area is 103 Å². The van der Waals surface area contributed by atoms with Crippen LogP contribution in [0.15, 0.2) is 0 Å². The number of nitrogens with zero attached hydrogens (tertiary/aromatic N) is 4. The van der Waals surface area contributed by atoms with Crippen LogP contribution >= 0.6 is 0 Å². The molecule has 5 nitrogen and oxygen atoms in total. The van der Waals surface area contributed by atoms with Crippen LogP contribution in [0.1, 0.15) is 39.3 Å². The van der Waals surface area contributed by atoms with Crippen LogP contribution in [0.4, 0.5) is 0 Å². The first-order chi connectivity index (χ1) is 7.70. The molecule has 1 N–H and O–H groups in total. The van der Waals surface area contributed by atoms with Crippen LogP contribution < -0.4 is 0 Å². The average molecular weight is 240 g/mol. The van der Waals surface area contributed by atoms with Gasteiger partial charge >= 0.3 is 0 Å². The van der Waals surface area contributed by atoms with Crippen molar-refractivity contribution in [1.29, 1.82) is 0 Å². The van der Waals surface area contributed by atoms with Gasteiger partial charge < -0.3 is 9.67 Å². The molecule has 17 heavy (non-hydrogen) atoms. The molecule has 0 aliphatic carbocycles. The fourth-order valence-electron chi connectivity index (χ4n) is 1.69. The first-order valence-corrected chi connectivity index (χ1v) is 6.02. The summed E-state index contributed by atoms with van der Waals surface area (Å²) in [5.74, 6) is 1.84. The lowest BCUT2D eigenvalue weighted by Crippen LogP contribution is -2.42. The molecule has 0 atom stereocenters. The van der Waals surface area contributed by atoms with Gasteiger partial charge in [0.1, 0.15) is 11.6 Å². The van der Waals surface area contributed by atoms with Crippen LogP contribution in [0.2, 0.25) is 0 Å². The van der Waals surface area contributed by atoms with Crippen LogP contribution in [0, 0.1) is 6.92 Å². The first kappa shape index (κ1) is 14.1. The van der Waals surface area contributed by atoms with E-state index >= 15 is 0 Å². The molecular formula is C12H24N4O. The molecule has 0 aromatic carbocycles.